The zero-order valence-corrected chi connectivity index (χ0v) is 11.8. The normalized spacial score (nSPS) is 20.1. The number of hydrogen-bond donors (Lipinski definition) is 1. The molecule has 22 heavy (non-hydrogen) atoms. The van der Waals surface area contributed by atoms with Crippen molar-refractivity contribution in [2.24, 2.45) is 0 Å². The third kappa shape index (κ3) is 2.52. The molecule has 0 aliphatic carbocycles. The van der Waals surface area contributed by atoms with Gasteiger partial charge in [-0.25, -0.2) is 4.79 Å². The number of alkyl halides is 3. The van der Waals surface area contributed by atoms with Gasteiger partial charge in [-0.05, 0) is 31.0 Å². The molecule has 0 radical (unpaired) electrons. The lowest BCUT2D eigenvalue weighted by Crippen LogP contribution is -2.49. The zero-order chi connectivity index (χ0) is 16.5. The number of fused-ring (bicyclic) bond motifs is 1. The number of hydrogen-bond acceptors (Lipinski definition) is 3. The third-order valence-electron chi connectivity index (χ3n) is 3.13. The maximum Gasteiger partial charge on any atom is 0.445 e. The summed E-state index contributed by atoms with van der Waals surface area (Å²) >= 11 is 0. The Kier molecular flexibility index (Phi) is 3.88. The van der Waals surface area contributed by atoms with E-state index in [9.17, 15) is 22.8 Å². The van der Waals surface area contributed by atoms with Crippen molar-refractivity contribution in [2.45, 2.75) is 32.0 Å². The number of cyclic esters (lactones) is 1. The molecule has 0 saturated heterocycles. The number of anilines is 1. The highest BCUT2D eigenvalue weighted by atomic mass is 19.4. The van der Waals surface area contributed by atoms with E-state index in [-0.39, 0.29) is 17.7 Å². The van der Waals surface area contributed by atoms with Gasteiger partial charge in [-0.15, -0.1) is 0 Å². The van der Waals surface area contributed by atoms with E-state index in [0.717, 1.165) is 6.07 Å². The van der Waals surface area contributed by atoms with Crippen LogP contribution in [0.15, 0.2) is 18.2 Å². The topological polar surface area (TPSA) is 55.4 Å². The number of Topliss-reactive ketones (excluding diaryl/α,β-unsaturated/α-hetero) is 1. The van der Waals surface area contributed by atoms with E-state index in [2.05, 4.69) is 16.0 Å². The molecule has 2 rings (SSSR count). The lowest BCUT2D eigenvalue weighted by molar-refractivity contribution is -0.239. The smallest absolute Gasteiger partial charge is 0.415 e. The summed E-state index contributed by atoms with van der Waals surface area (Å²) in [4.78, 5) is 22.9. The quantitative estimate of drug-likeness (QED) is 0.636. The second-order valence-corrected chi connectivity index (χ2v) is 4.67. The minimum Gasteiger partial charge on any atom is -0.415 e. The molecule has 0 bridgehead atoms. The van der Waals surface area contributed by atoms with Crippen LogP contribution in [0.4, 0.5) is 23.7 Å². The molecule has 116 valence electrons. The van der Waals surface area contributed by atoms with Crippen molar-refractivity contribution in [3.05, 3.63) is 29.3 Å². The van der Waals surface area contributed by atoms with Gasteiger partial charge in [0.25, 0.3) is 5.60 Å². The molecule has 1 aromatic rings. The molecule has 0 fully saturated rings. The number of ether oxygens (including phenoxy) is 1. The van der Waals surface area contributed by atoms with Gasteiger partial charge < -0.3 is 4.74 Å². The fraction of sp³-hybridized carbons (Fsp3) is 0.333. The van der Waals surface area contributed by atoms with Crippen LogP contribution < -0.4 is 5.32 Å². The van der Waals surface area contributed by atoms with Gasteiger partial charge >= 0.3 is 12.3 Å². The average Bonchev–Trinajstić information content (AvgIpc) is 2.42. The van der Waals surface area contributed by atoms with Crippen molar-refractivity contribution in [1.29, 1.82) is 0 Å². The molecule has 0 aromatic heterocycles. The predicted octanol–water partition coefficient (Wildman–Crippen LogP) is 3.62. The number of carbonyl (C=O) groups excluding carboxylic acids is 2. The summed E-state index contributed by atoms with van der Waals surface area (Å²) < 4.78 is 45.4. The minimum atomic E-state index is -4.95. The molecule has 1 aliphatic heterocycles. The van der Waals surface area contributed by atoms with Gasteiger partial charge in [0.05, 0.1) is 5.69 Å². The van der Waals surface area contributed by atoms with E-state index in [1.807, 2.05) is 5.92 Å². The van der Waals surface area contributed by atoms with E-state index in [1.165, 1.54) is 19.1 Å². The van der Waals surface area contributed by atoms with Crippen LogP contribution in [0.1, 0.15) is 36.2 Å². The second-order valence-electron chi connectivity index (χ2n) is 4.67. The Labute approximate surface area is 124 Å². The SMILES string of the molecule is CCC#CC1(C(F)(F)F)OC(=O)Nc2ccc(C(C)=O)cc21. The van der Waals surface area contributed by atoms with E-state index >= 15 is 0 Å². The van der Waals surface area contributed by atoms with Gasteiger partial charge in [0, 0.05) is 17.5 Å². The van der Waals surface area contributed by atoms with Crippen molar-refractivity contribution in [2.75, 3.05) is 5.32 Å². The van der Waals surface area contributed by atoms with E-state index in [4.69, 9.17) is 0 Å². The highest BCUT2D eigenvalue weighted by molar-refractivity contribution is 5.96. The highest BCUT2D eigenvalue weighted by Gasteiger charge is 2.61. The van der Waals surface area contributed by atoms with E-state index in [0.29, 0.717) is 0 Å². The molecule has 1 atom stereocenters. The fourth-order valence-corrected chi connectivity index (χ4v) is 2.08. The Morgan fingerprint density at radius 3 is 2.64 bits per heavy atom. The number of benzene rings is 1. The van der Waals surface area contributed by atoms with Crippen LogP contribution in [0.5, 0.6) is 0 Å². The lowest BCUT2D eigenvalue weighted by Gasteiger charge is -2.35. The first-order valence-corrected chi connectivity index (χ1v) is 6.43. The molecule has 1 amide bonds. The highest BCUT2D eigenvalue weighted by Crippen LogP contribution is 2.47. The monoisotopic (exact) mass is 311 g/mol. The molecule has 1 aromatic carbocycles. The van der Waals surface area contributed by atoms with Crippen molar-refractivity contribution in [3.63, 3.8) is 0 Å². The Hall–Kier alpha value is -2.49. The van der Waals surface area contributed by atoms with E-state index < -0.39 is 29.2 Å². The van der Waals surface area contributed by atoms with Crippen LogP contribution in [0.3, 0.4) is 0 Å². The number of halogens is 3. The van der Waals surface area contributed by atoms with Gasteiger partial charge in [0.2, 0.25) is 0 Å². The van der Waals surface area contributed by atoms with Crippen molar-refractivity contribution >= 4 is 17.6 Å². The first kappa shape index (κ1) is 15.9. The molecule has 1 aliphatic rings. The molecule has 0 spiro atoms. The summed E-state index contributed by atoms with van der Waals surface area (Å²) in [5, 5.41) is 2.19. The number of carbonyl (C=O) groups is 2. The molecule has 1 N–H and O–H groups in total. The Morgan fingerprint density at radius 2 is 2.09 bits per heavy atom. The molecule has 0 saturated carbocycles. The van der Waals surface area contributed by atoms with Crippen molar-refractivity contribution in [3.8, 4) is 11.8 Å². The predicted molar refractivity (Wildman–Crippen MR) is 72.4 cm³/mol. The Balaban J connectivity index is 2.78. The Bertz CT molecular complexity index is 700. The van der Waals surface area contributed by atoms with Crippen LogP contribution in [-0.2, 0) is 10.3 Å². The zero-order valence-electron chi connectivity index (χ0n) is 11.8. The van der Waals surface area contributed by atoms with Gasteiger partial charge in [-0.3, -0.25) is 10.1 Å². The van der Waals surface area contributed by atoms with Gasteiger partial charge in [0.15, 0.2) is 5.78 Å². The summed E-state index contributed by atoms with van der Waals surface area (Å²) in [5.74, 6) is 3.92. The molecule has 1 heterocycles. The molecule has 4 nitrogen and oxygen atoms in total. The van der Waals surface area contributed by atoms with Gasteiger partial charge in [-0.2, -0.15) is 13.2 Å². The van der Waals surface area contributed by atoms with Crippen LogP contribution in [0, 0.1) is 11.8 Å². The summed E-state index contributed by atoms with van der Waals surface area (Å²) in [5.41, 5.74) is -3.48. The van der Waals surface area contributed by atoms with Crippen LogP contribution >= 0.6 is 0 Å². The maximum atomic E-state index is 13.6. The largest absolute Gasteiger partial charge is 0.445 e. The van der Waals surface area contributed by atoms with Gasteiger partial charge in [0.1, 0.15) is 0 Å². The van der Waals surface area contributed by atoms with Crippen LogP contribution in [-0.4, -0.2) is 18.1 Å². The van der Waals surface area contributed by atoms with Crippen molar-refractivity contribution in [1.82, 2.24) is 0 Å². The molecule has 7 heteroatoms. The minimum absolute atomic E-state index is 0.0745. The fourth-order valence-electron chi connectivity index (χ4n) is 2.08. The number of rotatable bonds is 1. The Morgan fingerprint density at radius 1 is 1.41 bits per heavy atom. The maximum absolute atomic E-state index is 13.6. The molecular weight excluding hydrogens is 299 g/mol. The summed E-state index contributed by atoms with van der Waals surface area (Å²) in [6.07, 6.45) is -6.03. The third-order valence-corrected chi connectivity index (χ3v) is 3.13. The summed E-state index contributed by atoms with van der Waals surface area (Å²) in [7, 11) is 0. The second kappa shape index (κ2) is 5.37. The van der Waals surface area contributed by atoms with Crippen LogP contribution in [0.2, 0.25) is 0 Å². The summed E-state index contributed by atoms with van der Waals surface area (Å²) in [6, 6.07) is 3.62. The first-order valence-electron chi connectivity index (χ1n) is 6.43. The average molecular weight is 311 g/mol. The van der Waals surface area contributed by atoms with Crippen molar-refractivity contribution < 1.29 is 27.5 Å². The standard InChI is InChI=1S/C15H12F3NO3/c1-3-4-7-14(15(16,17)18)11-8-10(9(2)20)5-6-12(11)19-13(21)22-14/h5-6,8H,3H2,1-2H3,(H,19,21). The lowest BCUT2D eigenvalue weighted by atomic mass is 9.88. The number of ketones is 1. The van der Waals surface area contributed by atoms with Crippen LogP contribution in [0.25, 0.3) is 0 Å². The number of nitrogens with one attached hydrogen (secondary N) is 1. The molecule has 1 unspecified atom stereocenters. The van der Waals surface area contributed by atoms with Gasteiger partial charge in [-0.1, -0.05) is 12.8 Å². The van der Waals surface area contributed by atoms with E-state index in [1.54, 1.807) is 6.92 Å². The molecular formula is C15H12F3NO3. The first-order chi connectivity index (χ1) is 10.2. The summed E-state index contributed by atoms with van der Waals surface area (Å²) in [6.45, 7) is 2.81. The number of amides is 1.